The smallest absolute Gasteiger partial charge is 0.283 e. The summed E-state index contributed by atoms with van der Waals surface area (Å²) in [6.45, 7) is 3.16. The number of hydrogen-bond donors (Lipinski definition) is 0. The van der Waals surface area contributed by atoms with Crippen LogP contribution in [0.3, 0.4) is 0 Å². The second-order valence-electron chi connectivity index (χ2n) is 4.26. The van der Waals surface area contributed by atoms with Gasteiger partial charge in [0.15, 0.2) is 17.4 Å². The van der Waals surface area contributed by atoms with Crippen LogP contribution in [0.5, 0.6) is 0 Å². The van der Waals surface area contributed by atoms with E-state index >= 15 is 0 Å². The number of Topliss-reactive ketones (excluding diaryl/α,β-unsaturated/α-hetero) is 1. The summed E-state index contributed by atoms with van der Waals surface area (Å²) < 4.78 is 26.1. The summed E-state index contributed by atoms with van der Waals surface area (Å²) in [5.41, 5.74) is -1.44. The summed E-state index contributed by atoms with van der Waals surface area (Å²) >= 11 is 0. The van der Waals surface area contributed by atoms with Crippen molar-refractivity contribution < 1.29 is 18.5 Å². The minimum atomic E-state index is -1.42. The molecule has 0 saturated heterocycles. The molecule has 0 saturated carbocycles. The van der Waals surface area contributed by atoms with E-state index in [0.717, 1.165) is 0 Å². The van der Waals surface area contributed by atoms with Crippen LogP contribution in [0.1, 0.15) is 24.2 Å². The molecular weight excluding hydrogens is 258 g/mol. The van der Waals surface area contributed by atoms with Gasteiger partial charge in [0.25, 0.3) is 5.69 Å². The summed E-state index contributed by atoms with van der Waals surface area (Å²) in [6, 6.07) is 2.52. The van der Waals surface area contributed by atoms with Crippen LogP contribution in [-0.4, -0.2) is 10.7 Å². The molecule has 1 aromatic rings. The molecule has 7 heteroatoms. The first-order chi connectivity index (χ1) is 8.79. The number of rotatable bonds is 4. The van der Waals surface area contributed by atoms with Crippen LogP contribution < -0.4 is 0 Å². The molecule has 1 rings (SSSR count). The third-order valence-corrected chi connectivity index (χ3v) is 2.59. The molecule has 1 unspecified atom stereocenters. The van der Waals surface area contributed by atoms with E-state index in [2.05, 4.69) is 0 Å². The Hall–Kier alpha value is -2.36. The van der Waals surface area contributed by atoms with E-state index in [-0.39, 0.29) is 0 Å². The number of hydrogen-bond acceptors (Lipinski definition) is 4. The van der Waals surface area contributed by atoms with E-state index in [0.29, 0.717) is 12.1 Å². The summed E-state index contributed by atoms with van der Waals surface area (Å²) in [4.78, 5) is 21.8. The number of ketones is 1. The third kappa shape index (κ3) is 2.91. The highest BCUT2D eigenvalue weighted by Gasteiger charge is 2.30. The summed E-state index contributed by atoms with van der Waals surface area (Å²) in [5, 5.41) is 19.6. The van der Waals surface area contributed by atoms with Gasteiger partial charge in [0.05, 0.1) is 22.6 Å². The summed E-state index contributed by atoms with van der Waals surface area (Å²) in [7, 11) is 0. The number of nitriles is 1. The Morgan fingerprint density at radius 2 is 1.89 bits per heavy atom. The Morgan fingerprint density at radius 3 is 2.32 bits per heavy atom. The molecule has 5 nitrogen and oxygen atoms in total. The van der Waals surface area contributed by atoms with E-state index in [4.69, 9.17) is 5.26 Å². The van der Waals surface area contributed by atoms with Crippen LogP contribution in [0.15, 0.2) is 12.1 Å². The number of nitrogens with zero attached hydrogens (tertiary/aromatic N) is 2. The second kappa shape index (κ2) is 5.52. The fraction of sp³-hybridized carbons (Fsp3) is 0.333. The third-order valence-electron chi connectivity index (χ3n) is 2.59. The van der Waals surface area contributed by atoms with Gasteiger partial charge in [0.2, 0.25) is 0 Å². The van der Waals surface area contributed by atoms with Crippen molar-refractivity contribution in [3.8, 4) is 6.07 Å². The molecule has 0 aliphatic carbocycles. The molecule has 100 valence electrons. The first kappa shape index (κ1) is 14.7. The monoisotopic (exact) mass is 268 g/mol. The SMILES string of the molecule is CC(C)C(C#N)C(=O)c1cc(F)c(F)cc1[N+](=O)[O-]. The van der Waals surface area contributed by atoms with Crippen molar-refractivity contribution in [2.24, 2.45) is 11.8 Å². The lowest BCUT2D eigenvalue weighted by atomic mass is 9.88. The van der Waals surface area contributed by atoms with Gasteiger partial charge in [-0.2, -0.15) is 5.26 Å². The van der Waals surface area contributed by atoms with Crippen LogP contribution in [0, 0.1) is 44.9 Å². The Morgan fingerprint density at radius 1 is 1.37 bits per heavy atom. The van der Waals surface area contributed by atoms with Crippen molar-refractivity contribution in [3.05, 3.63) is 39.4 Å². The number of carbonyl (C=O) groups excluding carboxylic acids is 1. The molecule has 0 aliphatic rings. The van der Waals surface area contributed by atoms with E-state index in [9.17, 15) is 23.7 Å². The van der Waals surface area contributed by atoms with Gasteiger partial charge in [-0.25, -0.2) is 8.78 Å². The lowest BCUT2D eigenvalue weighted by molar-refractivity contribution is -0.385. The van der Waals surface area contributed by atoms with Crippen molar-refractivity contribution in [1.29, 1.82) is 5.26 Å². The van der Waals surface area contributed by atoms with Crippen molar-refractivity contribution in [3.63, 3.8) is 0 Å². The average molecular weight is 268 g/mol. The van der Waals surface area contributed by atoms with Crippen LogP contribution in [0.2, 0.25) is 0 Å². The quantitative estimate of drug-likeness (QED) is 0.477. The highest BCUT2D eigenvalue weighted by atomic mass is 19.2. The van der Waals surface area contributed by atoms with Crippen LogP contribution in [-0.2, 0) is 0 Å². The highest BCUT2D eigenvalue weighted by Crippen LogP contribution is 2.26. The van der Waals surface area contributed by atoms with E-state index in [1.165, 1.54) is 0 Å². The van der Waals surface area contributed by atoms with Gasteiger partial charge in [-0.05, 0) is 12.0 Å². The Kier molecular flexibility index (Phi) is 4.27. The molecule has 19 heavy (non-hydrogen) atoms. The largest absolute Gasteiger partial charge is 0.292 e. The van der Waals surface area contributed by atoms with Crippen molar-refractivity contribution >= 4 is 11.5 Å². The molecule has 0 bridgehead atoms. The highest BCUT2D eigenvalue weighted by molar-refractivity contribution is 6.02. The number of benzene rings is 1. The van der Waals surface area contributed by atoms with E-state index < -0.39 is 45.4 Å². The maximum absolute atomic E-state index is 13.1. The molecule has 0 fully saturated rings. The van der Waals surface area contributed by atoms with Crippen molar-refractivity contribution in [2.75, 3.05) is 0 Å². The van der Waals surface area contributed by atoms with Crippen LogP contribution in [0.25, 0.3) is 0 Å². The summed E-state index contributed by atoms with van der Waals surface area (Å²) in [6.07, 6.45) is 0. The predicted octanol–water partition coefficient (Wildman–Crippen LogP) is 2.85. The fourth-order valence-electron chi connectivity index (χ4n) is 1.56. The van der Waals surface area contributed by atoms with Gasteiger partial charge in [0, 0.05) is 0 Å². The molecule has 0 aliphatic heterocycles. The van der Waals surface area contributed by atoms with Gasteiger partial charge < -0.3 is 0 Å². The number of carbonyl (C=O) groups is 1. The molecular formula is C12H10F2N2O3. The minimum absolute atomic E-state index is 0.345. The normalized spacial score (nSPS) is 12.0. The molecule has 1 atom stereocenters. The molecule has 0 heterocycles. The lowest BCUT2D eigenvalue weighted by Crippen LogP contribution is -2.20. The minimum Gasteiger partial charge on any atom is -0.292 e. The first-order valence-electron chi connectivity index (χ1n) is 5.36. The first-order valence-corrected chi connectivity index (χ1v) is 5.36. The standard InChI is InChI=1S/C12H10F2N2O3/c1-6(2)8(5-15)12(17)7-3-9(13)10(14)4-11(7)16(18)19/h3-4,6,8H,1-2H3. The average Bonchev–Trinajstić information content (AvgIpc) is 2.31. The van der Waals surface area contributed by atoms with E-state index in [1.54, 1.807) is 19.9 Å². The summed E-state index contributed by atoms with van der Waals surface area (Å²) in [5.74, 6) is -5.22. The molecule has 0 spiro atoms. The lowest BCUT2D eigenvalue weighted by Gasteiger charge is -2.11. The van der Waals surface area contributed by atoms with Crippen molar-refractivity contribution in [1.82, 2.24) is 0 Å². The van der Waals surface area contributed by atoms with Crippen LogP contribution in [0.4, 0.5) is 14.5 Å². The molecule has 1 aromatic carbocycles. The topological polar surface area (TPSA) is 84.0 Å². The molecule has 0 aromatic heterocycles. The Balaban J connectivity index is 3.42. The second-order valence-corrected chi connectivity index (χ2v) is 4.26. The maximum Gasteiger partial charge on any atom is 0.283 e. The zero-order valence-corrected chi connectivity index (χ0v) is 10.2. The van der Waals surface area contributed by atoms with Crippen molar-refractivity contribution in [2.45, 2.75) is 13.8 Å². The van der Waals surface area contributed by atoms with Gasteiger partial charge in [-0.1, -0.05) is 13.8 Å². The predicted molar refractivity (Wildman–Crippen MR) is 61.3 cm³/mol. The molecule has 0 N–H and O–H groups in total. The molecule has 0 radical (unpaired) electrons. The van der Waals surface area contributed by atoms with E-state index in [1.807, 2.05) is 0 Å². The fourth-order valence-corrected chi connectivity index (χ4v) is 1.56. The zero-order chi connectivity index (χ0) is 14.7. The van der Waals surface area contributed by atoms with Gasteiger partial charge in [-0.3, -0.25) is 14.9 Å². The number of halogens is 2. The Labute approximate surface area is 107 Å². The number of nitro groups is 1. The molecule has 0 amide bonds. The van der Waals surface area contributed by atoms with Gasteiger partial charge in [0.1, 0.15) is 5.92 Å². The maximum atomic E-state index is 13.1. The Bertz CT molecular complexity index is 579. The van der Waals surface area contributed by atoms with Gasteiger partial charge in [-0.15, -0.1) is 0 Å². The number of nitro benzene ring substituents is 1. The van der Waals surface area contributed by atoms with Crippen LogP contribution >= 0.6 is 0 Å². The van der Waals surface area contributed by atoms with Gasteiger partial charge >= 0.3 is 0 Å². The zero-order valence-electron chi connectivity index (χ0n) is 10.2.